The van der Waals surface area contributed by atoms with Gasteiger partial charge in [0.25, 0.3) is 0 Å². The van der Waals surface area contributed by atoms with Crippen molar-refractivity contribution in [1.82, 2.24) is 9.97 Å². The Balaban J connectivity index is 1.80. The zero-order chi connectivity index (χ0) is 16.2. The molecular weight excluding hydrogens is 361 g/mol. The van der Waals surface area contributed by atoms with E-state index in [1.54, 1.807) is 7.11 Å². The molecule has 2 aromatic carbocycles. The second-order valence-electron chi connectivity index (χ2n) is 4.66. The fourth-order valence-electron chi connectivity index (χ4n) is 2.04. The van der Waals surface area contributed by atoms with E-state index in [2.05, 4.69) is 44.3 Å². The molecule has 0 saturated heterocycles. The van der Waals surface area contributed by atoms with E-state index in [-0.39, 0.29) is 15.0 Å². The Bertz CT molecular complexity index is 830. The number of imidazole rings is 1. The molecule has 0 unspecified atom stereocenters. The molecular formula is C16H15N3O3Se. The number of fused-ring (bicyclic) bond motifs is 1. The van der Waals surface area contributed by atoms with E-state index >= 15 is 0 Å². The molecule has 118 valence electrons. The summed E-state index contributed by atoms with van der Waals surface area (Å²) in [6.45, 7) is 0. The van der Waals surface area contributed by atoms with Gasteiger partial charge in [-0.15, -0.1) is 0 Å². The number of rotatable bonds is 4. The van der Waals surface area contributed by atoms with Crippen LogP contribution in [0.2, 0.25) is 0 Å². The fraction of sp³-hybridized carbons (Fsp3) is 0.125. The molecule has 0 aliphatic heterocycles. The molecule has 0 saturated carbocycles. The topological polar surface area (TPSA) is 76.2 Å². The number of amides is 1. The second kappa shape index (κ2) is 6.73. The third-order valence-electron chi connectivity index (χ3n) is 3.15. The second-order valence-corrected chi connectivity index (χ2v) is 7.06. The van der Waals surface area contributed by atoms with E-state index in [9.17, 15) is 4.79 Å². The van der Waals surface area contributed by atoms with Crippen LogP contribution in [-0.4, -0.2) is 45.2 Å². The Morgan fingerprint density at radius 2 is 1.87 bits per heavy atom. The monoisotopic (exact) mass is 377 g/mol. The summed E-state index contributed by atoms with van der Waals surface area (Å²) in [4.78, 5) is 18.6. The van der Waals surface area contributed by atoms with Crippen LogP contribution in [0.5, 0.6) is 5.75 Å². The van der Waals surface area contributed by atoms with Crippen LogP contribution < -0.4 is 19.0 Å². The molecule has 0 fully saturated rings. The van der Waals surface area contributed by atoms with Crippen molar-refractivity contribution in [3.05, 3.63) is 42.5 Å². The summed E-state index contributed by atoms with van der Waals surface area (Å²) >= 11 is 0.182. The Labute approximate surface area is 139 Å². The number of nitrogens with zero attached hydrogens (tertiary/aromatic N) is 1. The van der Waals surface area contributed by atoms with Crippen LogP contribution in [0.3, 0.4) is 0 Å². The number of aromatic nitrogens is 2. The van der Waals surface area contributed by atoms with Gasteiger partial charge in [-0.25, -0.2) is 0 Å². The van der Waals surface area contributed by atoms with Crippen molar-refractivity contribution in [1.29, 1.82) is 0 Å². The zero-order valence-corrected chi connectivity index (χ0v) is 14.3. The summed E-state index contributed by atoms with van der Waals surface area (Å²) < 4.78 is 12.2. The van der Waals surface area contributed by atoms with Gasteiger partial charge in [0.15, 0.2) is 0 Å². The number of anilines is 1. The van der Waals surface area contributed by atoms with E-state index in [1.807, 2.05) is 18.2 Å². The quantitative estimate of drug-likeness (QED) is 0.675. The average Bonchev–Trinajstić information content (AvgIpc) is 2.96. The molecule has 6 nitrogen and oxygen atoms in total. The molecule has 0 aliphatic rings. The van der Waals surface area contributed by atoms with Gasteiger partial charge < -0.3 is 0 Å². The maximum atomic E-state index is 11.2. The molecule has 1 amide bonds. The van der Waals surface area contributed by atoms with Gasteiger partial charge in [-0.2, -0.15) is 0 Å². The Morgan fingerprint density at radius 1 is 1.13 bits per heavy atom. The number of nitrogens with one attached hydrogen (secondary N) is 2. The first-order valence-electron chi connectivity index (χ1n) is 6.84. The molecule has 1 aromatic heterocycles. The van der Waals surface area contributed by atoms with Crippen molar-refractivity contribution in [2.24, 2.45) is 0 Å². The number of benzene rings is 2. The number of ether oxygens (including phenoxy) is 2. The van der Waals surface area contributed by atoms with E-state index in [1.165, 1.54) is 16.0 Å². The van der Waals surface area contributed by atoms with Crippen LogP contribution in [0, 0.1) is 0 Å². The van der Waals surface area contributed by atoms with Crippen LogP contribution in [0.4, 0.5) is 10.7 Å². The van der Waals surface area contributed by atoms with Gasteiger partial charge in [-0.1, -0.05) is 0 Å². The van der Waals surface area contributed by atoms with Crippen molar-refractivity contribution in [2.45, 2.75) is 0 Å². The SMILES string of the molecule is COC(=O)Nc1nc2ccc([Se]c3ccc(OC)cc3)cc2[nH]1. The van der Waals surface area contributed by atoms with Gasteiger partial charge in [-0.05, 0) is 0 Å². The van der Waals surface area contributed by atoms with E-state index in [0.717, 1.165) is 16.8 Å². The van der Waals surface area contributed by atoms with Crippen molar-refractivity contribution >= 4 is 47.0 Å². The first-order valence-corrected chi connectivity index (χ1v) is 8.56. The third kappa shape index (κ3) is 3.64. The molecule has 0 radical (unpaired) electrons. The average molecular weight is 376 g/mol. The number of hydrogen-bond donors (Lipinski definition) is 2. The number of methoxy groups -OCH3 is 2. The maximum absolute atomic E-state index is 11.2. The van der Waals surface area contributed by atoms with Crippen molar-refractivity contribution in [3.8, 4) is 5.75 Å². The normalized spacial score (nSPS) is 10.5. The van der Waals surface area contributed by atoms with Gasteiger partial charge >= 0.3 is 139 Å². The first kappa shape index (κ1) is 15.4. The summed E-state index contributed by atoms with van der Waals surface area (Å²) in [5.41, 5.74) is 1.68. The molecule has 2 N–H and O–H groups in total. The number of hydrogen-bond acceptors (Lipinski definition) is 4. The van der Waals surface area contributed by atoms with Gasteiger partial charge in [0.05, 0.1) is 0 Å². The van der Waals surface area contributed by atoms with Gasteiger partial charge in [0.1, 0.15) is 0 Å². The predicted molar refractivity (Wildman–Crippen MR) is 90.1 cm³/mol. The summed E-state index contributed by atoms with van der Waals surface area (Å²) in [7, 11) is 2.97. The van der Waals surface area contributed by atoms with Gasteiger partial charge in [-0.3, -0.25) is 0 Å². The summed E-state index contributed by atoms with van der Waals surface area (Å²) in [6.07, 6.45) is -0.549. The van der Waals surface area contributed by atoms with E-state index in [0.29, 0.717) is 5.95 Å². The van der Waals surface area contributed by atoms with Crippen LogP contribution in [0.1, 0.15) is 0 Å². The molecule has 3 rings (SSSR count). The summed E-state index contributed by atoms with van der Waals surface area (Å²) in [5, 5.41) is 2.53. The predicted octanol–water partition coefficient (Wildman–Crippen LogP) is 1.40. The zero-order valence-electron chi connectivity index (χ0n) is 12.6. The van der Waals surface area contributed by atoms with Crippen LogP contribution >= 0.6 is 0 Å². The molecule has 3 aromatic rings. The standard InChI is InChI=1S/C16H15N3O3Se/c1-21-10-3-5-11(6-4-10)23-12-7-8-13-14(9-12)18-15(17-13)19-16(20)22-2/h3-9H,1-2H3,(H2,17,18,19,20). The number of carbonyl (C=O) groups is 1. The molecule has 0 atom stereocenters. The van der Waals surface area contributed by atoms with Crippen LogP contribution in [0.25, 0.3) is 11.0 Å². The van der Waals surface area contributed by atoms with E-state index < -0.39 is 6.09 Å². The Morgan fingerprint density at radius 3 is 2.57 bits per heavy atom. The Kier molecular flexibility index (Phi) is 4.50. The molecule has 7 heteroatoms. The number of carbonyl (C=O) groups excluding carboxylic acids is 1. The molecule has 0 aliphatic carbocycles. The minimum atomic E-state index is -0.549. The molecule has 1 heterocycles. The third-order valence-corrected chi connectivity index (χ3v) is 5.25. The van der Waals surface area contributed by atoms with Gasteiger partial charge in [0.2, 0.25) is 0 Å². The first-order chi connectivity index (χ1) is 11.2. The molecule has 0 bridgehead atoms. The van der Waals surface area contributed by atoms with E-state index in [4.69, 9.17) is 4.74 Å². The van der Waals surface area contributed by atoms with Crippen molar-refractivity contribution < 1.29 is 14.3 Å². The fourth-order valence-corrected chi connectivity index (χ4v) is 3.84. The number of H-pyrrole nitrogens is 1. The van der Waals surface area contributed by atoms with Crippen molar-refractivity contribution in [2.75, 3.05) is 19.5 Å². The Hall–Kier alpha value is -2.50. The van der Waals surface area contributed by atoms with Gasteiger partial charge in [0, 0.05) is 0 Å². The summed E-state index contributed by atoms with van der Waals surface area (Å²) in [5.74, 6) is 1.23. The summed E-state index contributed by atoms with van der Waals surface area (Å²) in [6, 6.07) is 14.1. The molecule has 23 heavy (non-hydrogen) atoms. The minimum absolute atomic E-state index is 0.182. The van der Waals surface area contributed by atoms with Crippen LogP contribution in [-0.2, 0) is 4.74 Å². The van der Waals surface area contributed by atoms with Crippen molar-refractivity contribution in [3.63, 3.8) is 0 Å². The molecule has 0 spiro atoms. The van der Waals surface area contributed by atoms with Crippen LogP contribution in [0.15, 0.2) is 42.5 Å². The number of aromatic amines is 1.